The lowest BCUT2D eigenvalue weighted by Crippen LogP contribution is -2.45. The van der Waals surface area contributed by atoms with Crippen molar-refractivity contribution in [1.82, 2.24) is 5.01 Å². The second-order valence-corrected chi connectivity index (χ2v) is 11.9. The fourth-order valence-corrected chi connectivity index (χ4v) is 6.04. The van der Waals surface area contributed by atoms with Crippen molar-refractivity contribution in [2.75, 3.05) is 37.7 Å². The van der Waals surface area contributed by atoms with E-state index in [0.717, 1.165) is 6.92 Å². The Morgan fingerprint density at radius 3 is 2.64 bits per heavy atom. The average Bonchev–Trinajstić information content (AvgIpc) is 2.95. The molecule has 3 rings (SSSR count). The number of ether oxygens (including phenoxy) is 3. The molecule has 2 aromatic rings. The second-order valence-electron chi connectivity index (χ2n) is 9.60. The summed E-state index contributed by atoms with van der Waals surface area (Å²) in [6.45, 7) is 4.62. The number of carbonyl (C=O) groups is 1. The Hall–Kier alpha value is -3.19. The summed E-state index contributed by atoms with van der Waals surface area (Å²) < 4.78 is 74.1. The standard InChI is InChI=1S/C29H36ClF2N3O6S/c1-5-34(33)18-22(19-40-6-2)42(37,38)35-17-21(12-15-28(36)39-4)41-27-14-11-20(16-26(27)35)10-13-23-24(29(3,31)32)8-7-9-25(23)30/h7-11,13-14,16,18,21H,5-6,12,15,17,19,33H2,1-4H3. The van der Waals surface area contributed by atoms with Crippen LogP contribution >= 0.6 is 11.6 Å². The van der Waals surface area contributed by atoms with Crippen molar-refractivity contribution in [3.8, 4) is 5.75 Å². The van der Waals surface area contributed by atoms with Crippen LogP contribution in [-0.2, 0) is 30.2 Å². The number of nitrogens with zero attached hydrogens (tertiary/aromatic N) is 2. The molecule has 42 heavy (non-hydrogen) atoms. The van der Waals surface area contributed by atoms with Gasteiger partial charge in [0.15, 0.2) is 0 Å². The van der Waals surface area contributed by atoms with Crippen LogP contribution in [0.5, 0.6) is 5.75 Å². The van der Waals surface area contributed by atoms with Crippen LogP contribution in [0, 0.1) is 0 Å². The van der Waals surface area contributed by atoms with Gasteiger partial charge in [0.25, 0.3) is 15.9 Å². The van der Waals surface area contributed by atoms with Crippen molar-refractivity contribution < 1.29 is 36.2 Å². The molecule has 1 atom stereocenters. The fraction of sp³-hybridized carbons (Fsp3) is 0.414. The number of hydrogen-bond donors (Lipinski definition) is 1. The molecule has 0 spiro atoms. The first-order valence-electron chi connectivity index (χ1n) is 13.4. The third-order valence-electron chi connectivity index (χ3n) is 6.53. The highest BCUT2D eigenvalue weighted by molar-refractivity contribution is 7.96. The minimum Gasteiger partial charge on any atom is -0.486 e. The Kier molecular flexibility index (Phi) is 11.4. The van der Waals surface area contributed by atoms with Crippen LogP contribution in [0.25, 0.3) is 12.2 Å². The number of alkyl halides is 2. The predicted molar refractivity (Wildman–Crippen MR) is 159 cm³/mol. The summed E-state index contributed by atoms with van der Waals surface area (Å²) >= 11 is 6.25. The molecular formula is C29H36ClF2N3O6S. The summed E-state index contributed by atoms with van der Waals surface area (Å²) in [5.41, 5.74) is 0.657. The van der Waals surface area contributed by atoms with E-state index in [9.17, 15) is 22.0 Å². The van der Waals surface area contributed by atoms with Crippen LogP contribution in [0.15, 0.2) is 47.5 Å². The number of rotatable bonds is 13. The maximum atomic E-state index is 14.2. The van der Waals surface area contributed by atoms with Gasteiger partial charge in [0.05, 0.1) is 25.9 Å². The average molecular weight is 628 g/mol. The smallest absolute Gasteiger partial charge is 0.305 e. The van der Waals surface area contributed by atoms with Crippen molar-refractivity contribution in [3.63, 3.8) is 0 Å². The lowest BCUT2D eigenvalue weighted by atomic mass is 10.0. The zero-order valence-corrected chi connectivity index (χ0v) is 25.6. The molecule has 9 nitrogen and oxygen atoms in total. The summed E-state index contributed by atoms with van der Waals surface area (Å²) in [4.78, 5) is 11.7. The third-order valence-corrected chi connectivity index (χ3v) is 8.67. The van der Waals surface area contributed by atoms with Gasteiger partial charge in [-0.1, -0.05) is 42.0 Å². The third kappa shape index (κ3) is 8.21. The highest BCUT2D eigenvalue weighted by atomic mass is 35.5. The van der Waals surface area contributed by atoms with Crippen LogP contribution in [0.3, 0.4) is 0 Å². The molecule has 0 fully saturated rings. The molecule has 2 N–H and O–H groups in total. The van der Waals surface area contributed by atoms with E-state index in [4.69, 9.17) is 31.7 Å². The molecular weight excluding hydrogens is 592 g/mol. The van der Waals surface area contributed by atoms with Crippen molar-refractivity contribution >= 4 is 45.4 Å². The number of methoxy groups -OCH3 is 1. The molecule has 13 heteroatoms. The SMILES string of the molecule is CCOCC(=CN(N)CC)S(=O)(=O)N1CC(CCC(=O)OC)Oc2ccc(C=Cc3c(Cl)cccc3C(C)(F)F)cc21. The molecule has 0 amide bonds. The van der Waals surface area contributed by atoms with Gasteiger partial charge in [-0.15, -0.1) is 0 Å². The van der Waals surface area contributed by atoms with Crippen molar-refractivity contribution in [1.29, 1.82) is 0 Å². The summed E-state index contributed by atoms with van der Waals surface area (Å²) in [6, 6.07) is 9.12. The normalized spacial score (nSPS) is 15.9. The minimum atomic E-state index is -4.20. The maximum absolute atomic E-state index is 14.2. The van der Waals surface area contributed by atoms with Crippen molar-refractivity contribution in [3.05, 3.63) is 69.2 Å². The minimum absolute atomic E-state index is 0.0293. The van der Waals surface area contributed by atoms with Crippen molar-refractivity contribution in [2.24, 2.45) is 5.84 Å². The van der Waals surface area contributed by atoms with Gasteiger partial charge in [0.1, 0.15) is 16.8 Å². The van der Waals surface area contributed by atoms with Crippen LogP contribution < -0.4 is 14.9 Å². The predicted octanol–water partition coefficient (Wildman–Crippen LogP) is 5.55. The molecule has 1 heterocycles. The molecule has 2 aromatic carbocycles. The molecule has 230 valence electrons. The van der Waals surface area contributed by atoms with Crippen LogP contribution in [0.4, 0.5) is 14.5 Å². The van der Waals surface area contributed by atoms with Crippen LogP contribution in [0.1, 0.15) is 50.3 Å². The van der Waals surface area contributed by atoms with Gasteiger partial charge in [-0.3, -0.25) is 9.10 Å². The fourth-order valence-electron chi connectivity index (χ4n) is 4.26. The van der Waals surface area contributed by atoms with Crippen molar-refractivity contribution in [2.45, 2.75) is 45.6 Å². The highest BCUT2D eigenvalue weighted by Crippen LogP contribution is 2.40. The van der Waals surface area contributed by atoms with Gasteiger partial charge in [0.2, 0.25) is 0 Å². The van der Waals surface area contributed by atoms with E-state index < -0.39 is 28.0 Å². The molecule has 1 unspecified atom stereocenters. The molecule has 0 radical (unpaired) electrons. The van der Waals surface area contributed by atoms with E-state index in [2.05, 4.69) is 0 Å². The Balaban J connectivity index is 2.09. The topological polar surface area (TPSA) is 111 Å². The molecule has 0 aliphatic carbocycles. The number of anilines is 1. The quantitative estimate of drug-likeness (QED) is 0.133. The molecule has 0 bridgehead atoms. The van der Waals surface area contributed by atoms with Gasteiger partial charge < -0.3 is 19.2 Å². The van der Waals surface area contributed by atoms with E-state index in [1.165, 1.54) is 46.9 Å². The van der Waals surface area contributed by atoms with E-state index >= 15 is 0 Å². The number of benzene rings is 2. The van der Waals surface area contributed by atoms with Gasteiger partial charge in [-0.25, -0.2) is 23.0 Å². The Morgan fingerprint density at radius 1 is 1.26 bits per heavy atom. The highest BCUT2D eigenvalue weighted by Gasteiger charge is 2.36. The maximum Gasteiger partial charge on any atom is 0.305 e. The van der Waals surface area contributed by atoms with E-state index in [1.54, 1.807) is 38.1 Å². The number of fused-ring (bicyclic) bond motifs is 1. The number of esters is 1. The first-order valence-corrected chi connectivity index (χ1v) is 15.2. The molecule has 0 aromatic heterocycles. The first kappa shape index (κ1) is 33.3. The number of carbonyl (C=O) groups excluding carboxylic acids is 1. The zero-order valence-electron chi connectivity index (χ0n) is 24.0. The summed E-state index contributed by atoms with van der Waals surface area (Å²) in [6.07, 6.45) is 3.94. The Bertz CT molecular complexity index is 1430. The monoisotopic (exact) mass is 627 g/mol. The Labute approximate surface area is 250 Å². The van der Waals surface area contributed by atoms with E-state index in [-0.39, 0.29) is 65.1 Å². The van der Waals surface area contributed by atoms with E-state index in [1.807, 2.05) is 0 Å². The van der Waals surface area contributed by atoms with Gasteiger partial charge >= 0.3 is 5.97 Å². The van der Waals surface area contributed by atoms with Gasteiger partial charge in [0, 0.05) is 48.8 Å². The largest absolute Gasteiger partial charge is 0.486 e. The van der Waals surface area contributed by atoms with Crippen LogP contribution in [0.2, 0.25) is 5.02 Å². The Morgan fingerprint density at radius 2 is 2.00 bits per heavy atom. The van der Waals surface area contributed by atoms with Gasteiger partial charge in [-0.05, 0) is 44.0 Å². The summed E-state index contributed by atoms with van der Waals surface area (Å²) in [7, 11) is -2.93. The van der Waals surface area contributed by atoms with E-state index in [0.29, 0.717) is 12.1 Å². The molecule has 1 aliphatic heterocycles. The van der Waals surface area contributed by atoms with Crippen LogP contribution in [-0.4, -0.2) is 58.9 Å². The lowest BCUT2D eigenvalue weighted by Gasteiger charge is -2.36. The summed E-state index contributed by atoms with van der Waals surface area (Å²) in [5, 5.41) is 1.39. The zero-order chi connectivity index (χ0) is 31.1. The summed E-state index contributed by atoms with van der Waals surface area (Å²) in [5.74, 6) is 2.63. The molecule has 1 aliphatic rings. The molecule has 0 saturated heterocycles. The second kappa shape index (κ2) is 14.3. The van der Waals surface area contributed by atoms with Gasteiger partial charge in [-0.2, -0.15) is 0 Å². The number of hydrazine groups is 1. The first-order chi connectivity index (χ1) is 19.8. The number of halogens is 3. The number of nitrogens with two attached hydrogens (primary N) is 1. The number of hydrogen-bond acceptors (Lipinski definition) is 8. The number of sulfonamides is 1. The lowest BCUT2D eigenvalue weighted by molar-refractivity contribution is -0.141. The molecule has 0 saturated carbocycles.